The maximum Gasteiger partial charge on any atom is 0.354 e. The van der Waals surface area contributed by atoms with Gasteiger partial charge >= 0.3 is 5.97 Å². The molecule has 0 aliphatic carbocycles. The first-order valence-corrected chi connectivity index (χ1v) is 8.00. The molecule has 120 valence electrons. The van der Waals surface area contributed by atoms with Crippen LogP contribution in [-0.2, 0) is 0 Å². The molecule has 0 saturated carbocycles. The van der Waals surface area contributed by atoms with E-state index in [0.717, 1.165) is 38.6 Å². The molecule has 0 radical (unpaired) electrons. The van der Waals surface area contributed by atoms with Gasteiger partial charge in [0.15, 0.2) is 0 Å². The van der Waals surface area contributed by atoms with Gasteiger partial charge in [0.1, 0.15) is 11.4 Å². The average Bonchev–Trinajstić information content (AvgIpc) is 2.71. The number of aromatic nitrogens is 1. The summed E-state index contributed by atoms with van der Waals surface area (Å²) in [6.07, 6.45) is 5.27. The summed E-state index contributed by atoms with van der Waals surface area (Å²) in [4.78, 5) is 29.7. The van der Waals surface area contributed by atoms with Gasteiger partial charge in [0.2, 0.25) is 0 Å². The summed E-state index contributed by atoms with van der Waals surface area (Å²) in [6, 6.07) is 4.82. The Morgan fingerprint density at radius 1 is 1.27 bits per heavy atom. The standard InChI is InChI=1S/C17H24N2O3/c1-12(2)11-13-7-4-3-5-10-19(13)16(20)14-8-6-9-15(18-14)17(21)22/h6,8-9,12-13H,3-5,7,10-11H2,1-2H3,(H,21,22). The van der Waals surface area contributed by atoms with E-state index in [9.17, 15) is 9.59 Å². The van der Waals surface area contributed by atoms with Crippen LogP contribution in [0.25, 0.3) is 0 Å². The zero-order valence-electron chi connectivity index (χ0n) is 13.3. The maximum atomic E-state index is 12.8. The van der Waals surface area contributed by atoms with E-state index < -0.39 is 5.97 Å². The Morgan fingerprint density at radius 3 is 2.68 bits per heavy atom. The highest BCUT2D eigenvalue weighted by atomic mass is 16.4. The van der Waals surface area contributed by atoms with Gasteiger partial charge in [0, 0.05) is 12.6 Å². The molecule has 1 saturated heterocycles. The number of carbonyl (C=O) groups excluding carboxylic acids is 1. The van der Waals surface area contributed by atoms with Gasteiger partial charge in [0.25, 0.3) is 5.91 Å². The number of rotatable bonds is 4. The van der Waals surface area contributed by atoms with Crippen LogP contribution in [0.5, 0.6) is 0 Å². The van der Waals surface area contributed by atoms with E-state index in [1.165, 1.54) is 6.07 Å². The number of carboxylic acids is 1. The fraction of sp³-hybridized carbons (Fsp3) is 0.588. The predicted molar refractivity (Wildman–Crippen MR) is 83.9 cm³/mol. The molecule has 0 aromatic carbocycles. The number of hydrogen-bond acceptors (Lipinski definition) is 3. The van der Waals surface area contributed by atoms with Crippen molar-refractivity contribution in [3.8, 4) is 0 Å². The molecule has 1 fully saturated rings. The van der Waals surface area contributed by atoms with E-state index in [2.05, 4.69) is 18.8 Å². The van der Waals surface area contributed by atoms with Crippen LogP contribution in [0.2, 0.25) is 0 Å². The van der Waals surface area contributed by atoms with Crippen LogP contribution < -0.4 is 0 Å². The summed E-state index contributed by atoms with van der Waals surface area (Å²) in [5.74, 6) is -0.725. The van der Waals surface area contributed by atoms with Crippen molar-refractivity contribution < 1.29 is 14.7 Å². The van der Waals surface area contributed by atoms with Crippen LogP contribution in [-0.4, -0.2) is 39.5 Å². The van der Waals surface area contributed by atoms with Gasteiger partial charge in [-0.05, 0) is 37.3 Å². The molecular weight excluding hydrogens is 280 g/mol. The minimum absolute atomic E-state index is 0.0823. The first-order valence-electron chi connectivity index (χ1n) is 8.00. The first-order chi connectivity index (χ1) is 10.5. The molecule has 1 aliphatic rings. The van der Waals surface area contributed by atoms with Crippen LogP contribution in [0, 0.1) is 5.92 Å². The van der Waals surface area contributed by atoms with Crippen molar-refractivity contribution in [3.63, 3.8) is 0 Å². The van der Waals surface area contributed by atoms with Gasteiger partial charge in [0.05, 0.1) is 0 Å². The zero-order valence-corrected chi connectivity index (χ0v) is 13.3. The third-order valence-electron chi connectivity index (χ3n) is 4.07. The molecule has 1 unspecified atom stereocenters. The lowest BCUT2D eigenvalue weighted by atomic mass is 9.98. The quantitative estimate of drug-likeness (QED) is 0.927. The van der Waals surface area contributed by atoms with Gasteiger partial charge < -0.3 is 10.0 Å². The molecule has 0 bridgehead atoms. The van der Waals surface area contributed by atoms with E-state index in [0.29, 0.717) is 5.92 Å². The SMILES string of the molecule is CC(C)CC1CCCCCN1C(=O)c1cccc(C(=O)O)n1. The van der Waals surface area contributed by atoms with Crippen LogP contribution in [0.1, 0.15) is 66.9 Å². The average molecular weight is 304 g/mol. The number of aromatic carboxylic acids is 1. The number of hydrogen-bond donors (Lipinski definition) is 1. The maximum absolute atomic E-state index is 12.8. The number of amides is 1. The second-order valence-corrected chi connectivity index (χ2v) is 6.34. The third-order valence-corrected chi connectivity index (χ3v) is 4.07. The smallest absolute Gasteiger partial charge is 0.354 e. The molecule has 5 nitrogen and oxygen atoms in total. The van der Waals surface area contributed by atoms with E-state index >= 15 is 0 Å². The van der Waals surface area contributed by atoms with E-state index in [1.54, 1.807) is 12.1 Å². The summed E-state index contributed by atoms with van der Waals surface area (Å²) in [5.41, 5.74) is 0.150. The molecule has 1 aliphatic heterocycles. The van der Waals surface area contributed by atoms with Gasteiger partial charge in [-0.1, -0.05) is 32.8 Å². The Labute approximate surface area is 131 Å². The summed E-state index contributed by atoms with van der Waals surface area (Å²) in [6.45, 7) is 5.06. The fourth-order valence-corrected chi connectivity index (χ4v) is 3.05. The molecule has 1 aromatic heterocycles. The molecule has 1 amide bonds. The van der Waals surface area contributed by atoms with Crippen molar-refractivity contribution in [1.29, 1.82) is 0 Å². The highest BCUT2D eigenvalue weighted by Crippen LogP contribution is 2.23. The Hall–Kier alpha value is -1.91. The summed E-state index contributed by atoms with van der Waals surface area (Å²) in [7, 11) is 0. The number of pyridine rings is 1. The second-order valence-electron chi connectivity index (χ2n) is 6.34. The normalized spacial score (nSPS) is 19.0. The fourth-order valence-electron chi connectivity index (χ4n) is 3.05. The van der Waals surface area contributed by atoms with Crippen molar-refractivity contribution in [2.45, 2.75) is 52.0 Å². The van der Waals surface area contributed by atoms with E-state index in [1.807, 2.05) is 4.90 Å². The Kier molecular flexibility index (Phi) is 5.52. The Bertz CT molecular complexity index is 542. The number of carboxylic acid groups (broad SMARTS) is 1. The minimum Gasteiger partial charge on any atom is -0.477 e. The van der Waals surface area contributed by atoms with Crippen LogP contribution in [0.3, 0.4) is 0 Å². The molecule has 1 N–H and O–H groups in total. The monoisotopic (exact) mass is 304 g/mol. The number of likely N-dealkylation sites (tertiary alicyclic amines) is 1. The minimum atomic E-state index is -1.11. The second kappa shape index (κ2) is 7.38. The van der Waals surface area contributed by atoms with Crippen LogP contribution in [0.4, 0.5) is 0 Å². The van der Waals surface area contributed by atoms with Gasteiger partial charge in [-0.15, -0.1) is 0 Å². The molecule has 0 spiro atoms. The summed E-state index contributed by atoms with van der Waals surface area (Å²) in [5, 5.41) is 9.03. The molecule has 5 heteroatoms. The van der Waals surface area contributed by atoms with Gasteiger partial charge in [-0.3, -0.25) is 4.79 Å². The highest BCUT2D eigenvalue weighted by Gasteiger charge is 2.27. The lowest BCUT2D eigenvalue weighted by molar-refractivity contribution is 0.0654. The van der Waals surface area contributed by atoms with Crippen LogP contribution >= 0.6 is 0 Å². The van der Waals surface area contributed by atoms with Crippen molar-refractivity contribution in [2.24, 2.45) is 5.92 Å². The Balaban J connectivity index is 2.23. The van der Waals surface area contributed by atoms with Gasteiger partial charge in [-0.2, -0.15) is 0 Å². The molecule has 1 aromatic rings. The molecule has 22 heavy (non-hydrogen) atoms. The molecule has 2 rings (SSSR count). The van der Waals surface area contributed by atoms with Crippen LogP contribution in [0.15, 0.2) is 18.2 Å². The summed E-state index contributed by atoms with van der Waals surface area (Å²) < 4.78 is 0. The van der Waals surface area contributed by atoms with Gasteiger partial charge in [-0.25, -0.2) is 9.78 Å². The number of carbonyl (C=O) groups is 2. The lowest BCUT2D eigenvalue weighted by Crippen LogP contribution is -2.41. The Morgan fingerprint density at radius 2 is 2.00 bits per heavy atom. The predicted octanol–water partition coefficient (Wildman–Crippen LogP) is 3.21. The topological polar surface area (TPSA) is 70.5 Å². The molecule has 2 heterocycles. The first kappa shape index (κ1) is 16.5. The number of nitrogens with zero attached hydrogens (tertiary/aromatic N) is 2. The van der Waals surface area contributed by atoms with Crippen molar-refractivity contribution in [3.05, 3.63) is 29.6 Å². The molecule has 1 atom stereocenters. The van der Waals surface area contributed by atoms with Crippen molar-refractivity contribution >= 4 is 11.9 Å². The molecular formula is C17H24N2O3. The van der Waals surface area contributed by atoms with E-state index in [4.69, 9.17) is 5.11 Å². The van der Waals surface area contributed by atoms with E-state index in [-0.39, 0.29) is 23.3 Å². The highest BCUT2D eigenvalue weighted by molar-refractivity contribution is 5.94. The van der Waals surface area contributed by atoms with Crippen molar-refractivity contribution in [1.82, 2.24) is 9.88 Å². The lowest BCUT2D eigenvalue weighted by Gasteiger charge is -2.31. The van der Waals surface area contributed by atoms with Crippen molar-refractivity contribution in [2.75, 3.05) is 6.54 Å². The largest absolute Gasteiger partial charge is 0.477 e. The summed E-state index contributed by atoms with van der Waals surface area (Å²) >= 11 is 0. The zero-order chi connectivity index (χ0) is 16.1. The third kappa shape index (κ3) is 4.06.